The molecule has 0 saturated heterocycles. The lowest BCUT2D eigenvalue weighted by atomic mass is 10.2. The summed E-state index contributed by atoms with van der Waals surface area (Å²) in [5, 5.41) is 2.81. The summed E-state index contributed by atoms with van der Waals surface area (Å²) in [7, 11) is -3.94. The van der Waals surface area contributed by atoms with Crippen LogP contribution in [0.4, 0.5) is 5.69 Å². The third-order valence-electron chi connectivity index (χ3n) is 4.83. The largest absolute Gasteiger partial charge is 0.490 e. The molecule has 0 spiro atoms. The summed E-state index contributed by atoms with van der Waals surface area (Å²) in [6, 6.07) is 20.5. The minimum Gasteiger partial charge on any atom is -0.490 e. The summed E-state index contributed by atoms with van der Waals surface area (Å²) in [4.78, 5) is 13.0. The molecular weight excluding hydrogens is 567 g/mol. The molecule has 0 aliphatic rings. The average molecular weight is 594 g/mol. The Labute approximate surface area is 214 Å². The highest BCUT2D eigenvalue weighted by molar-refractivity contribution is 14.1. The van der Waals surface area contributed by atoms with E-state index in [-0.39, 0.29) is 18.0 Å². The van der Waals surface area contributed by atoms with E-state index in [0.29, 0.717) is 30.4 Å². The molecule has 1 N–H and O–H groups in total. The van der Waals surface area contributed by atoms with Gasteiger partial charge in [0.1, 0.15) is 6.54 Å². The number of ether oxygens (including phenoxy) is 2. The minimum atomic E-state index is -3.94. The molecule has 0 aromatic heterocycles. The Kier molecular flexibility index (Phi) is 9.17. The topological polar surface area (TPSA) is 84.9 Å². The van der Waals surface area contributed by atoms with Crippen LogP contribution in [0.15, 0.2) is 77.7 Å². The van der Waals surface area contributed by atoms with Crippen molar-refractivity contribution in [2.75, 3.05) is 24.1 Å². The van der Waals surface area contributed by atoms with Crippen molar-refractivity contribution in [3.05, 3.63) is 81.9 Å². The van der Waals surface area contributed by atoms with Gasteiger partial charge in [0.25, 0.3) is 10.0 Å². The lowest BCUT2D eigenvalue weighted by Crippen LogP contribution is -2.40. The molecule has 0 bridgehead atoms. The second-order valence-electron chi connectivity index (χ2n) is 7.22. The van der Waals surface area contributed by atoms with Crippen LogP contribution < -0.4 is 19.1 Å². The zero-order valence-electron chi connectivity index (χ0n) is 19.0. The number of carbonyl (C=O) groups is 1. The van der Waals surface area contributed by atoms with E-state index in [1.807, 2.05) is 26.0 Å². The quantitative estimate of drug-likeness (QED) is 0.328. The first-order chi connectivity index (χ1) is 16.3. The Balaban J connectivity index is 1.79. The fourth-order valence-electron chi connectivity index (χ4n) is 3.23. The Morgan fingerprint density at radius 3 is 2.21 bits per heavy atom. The molecule has 0 fully saturated rings. The molecular formula is C25H27IN2O5S. The number of amides is 1. The third-order valence-corrected chi connectivity index (χ3v) is 7.34. The van der Waals surface area contributed by atoms with Gasteiger partial charge in [-0.1, -0.05) is 24.3 Å². The number of halogens is 1. The van der Waals surface area contributed by atoms with Crippen molar-refractivity contribution in [3.8, 4) is 11.5 Å². The van der Waals surface area contributed by atoms with Gasteiger partial charge in [-0.25, -0.2) is 8.42 Å². The fraction of sp³-hybridized carbons (Fsp3) is 0.240. The molecule has 0 aliphatic carbocycles. The fourth-order valence-corrected chi connectivity index (χ4v) is 5.04. The van der Waals surface area contributed by atoms with Gasteiger partial charge in [0, 0.05) is 10.1 Å². The molecule has 0 aliphatic heterocycles. The third kappa shape index (κ3) is 6.63. The van der Waals surface area contributed by atoms with Crippen molar-refractivity contribution in [2.45, 2.75) is 25.3 Å². The SMILES string of the molecule is CCOc1ccc(CNC(=O)CN(c2ccc(I)cc2)S(=O)(=O)c2ccccc2)cc1OCC. The molecule has 3 aromatic carbocycles. The highest BCUT2D eigenvalue weighted by Gasteiger charge is 2.27. The van der Waals surface area contributed by atoms with Crippen LogP contribution in [0.3, 0.4) is 0 Å². The molecule has 0 unspecified atom stereocenters. The molecule has 180 valence electrons. The highest BCUT2D eigenvalue weighted by Crippen LogP contribution is 2.29. The molecule has 9 heteroatoms. The van der Waals surface area contributed by atoms with E-state index in [9.17, 15) is 13.2 Å². The van der Waals surface area contributed by atoms with Gasteiger partial charge in [-0.3, -0.25) is 9.10 Å². The summed E-state index contributed by atoms with van der Waals surface area (Å²) in [5.74, 6) is 0.812. The second-order valence-corrected chi connectivity index (χ2v) is 10.3. The van der Waals surface area contributed by atoms with Gasteiger partial charge in [-0.05, 0) is 90.5 Å². The van der Waals surface area contributed by atoms with Crippen LogP contribution in [0.2, 0.25) is 0 Å². The Bertz CT molecular complexity index is 1200. The lowest BCUT2D eigenvalue weighted by molar-refractivity contribution is -0.119. The van der Waals surface area contributed by atoms with Gasteiger partial charge in [0.15, 0.2) is 11.5 Å². The van der Waals surface area contributed by atoms with Crippen molar-refractivity contribution in [1.82, 2.24) is 5.32 Å². The first kappa shape index (κ1) is 25.8. The van der Waals surface area contributed by atoms with Crippen LogP contribution in [0, 0.1) is 3.57 Å². The number of rotatable bonds is 11. The van der Waals surface area contributed by atoms with Crippen LogP contribution in [0.1, 0.15) is 19.4 Å². The minimum absolute atomic E-state index is 0.120. The van der Waals surface area contributed by atoms with Gasteiger partial charge in [-0.15, -0.1) is 0 Å². The molecule has 0 saturated carbocycles. The second kappa shape index (κ2) is 12.1. The van der Waals surface area contributed by atoms with Gasteiger partial charge < -0.3 is 14.8 Å². The number of carbonyl (C=O) groups excluding carboxylic acids is 1. The summed E-state index contributed by atoms with van der Waals surface area (Å²) in [6.45, 7) is 4.65. The maximum atomic E-state index is 13.4. The molecule has 0 atom stereocenters. The molecule has 1 amide bonds. The van der Waals surface area contributed by atoms with E-state index in [1.54, 1.807) is 48.5 Å². The zero-order chi connectivity index (χ0) is 24.6. The van der Waals surface area contributed by atoms with E-state index in [2.05, 4.69) is 27.9 Å². The van der Waals surface area contributed by atoms with E-state index >= 15 is 0 Å². The number of hydrogen-bond acceptors (Lipinski definition) is 5. The number of sulfonamides is 1. The van der Waals surface area contributed by atoms with Gasteiger partial charge in [-0.2, -0.15) is 0 Å². The maximum Gasteiger partial charge on any atom is 0.264 e. The number of nitrogens with zero attached hydrogens (tertiary/aromatic N) is 1. The first-order valence-electron chi connectivity index (χ1n) is 10.8. The van der Waals surface area contributed by atoms with Crippen molar-refractivity contribution in [3.63, 3.8) is 0 Å². The molecule has 7 nitrogen and oxygen atoms in total. The maximum absolute atomic E-state index is 13.4. The van der Waals surface area contributed by atoms with Crippen LogP contribution in [-0.2, 0) is 21.4 Å². The molecule has 34 heavy (non-hydrogen) atoms. The van der Waals surface area contributed by atoms with Crippen molar-refractivity contribution in [1.29, 1.82) is 0 Å². The number of hydrogen-bond donors (Lipinski definition) is 1. The van der Waals surface area contributed by atoms with Crippen molar-refractivity contribution in [2.24, 2.45) is 0 Å². The number of nitrogens with one attached hydrogen (secondary N) is 1. The van der Waals surface area contributed by atoms with E-state index in [1.165, 1.54) is 12.1 Å². The summed E-state index contributed by atoms with van der Waals surface area (Å²) in [5.41, 5.74) is 1.23. The Morgan fingerprint density at radius 1 is 0.912 bits per heavy atom. The van der Waals surface area contributed by atoms with Crippen LogP contribution in [0.5, 0.6) is 11.5 Å². The van der Waals surface area contributed by atoms with Gasteiger partial charge >= 0.3 is 0 Å². The van der Waals surface area contributed by atoms with Gasteiger partial charge in [0.05, 0.1) is 23.8 Å². The van der Waals surface area contributed by atoms with Crippen LogP contribution in [0.25, 0.3) is 0 Å². The lowest BCUT2D eigenvalue weighted by Gasteiger charge is -2.24. The smallest absolute Gasteiger partial charge is 0.264 e. The summed E-state index contributed by atoms with van der Waals surface area (Å²) in [6.07, 6.45) is 0. The van der Waals surface area contributed by atoms with E-state index < -0.39 is 15.9 Å². The molecule has 0 radical (unpaired) electrons. The molecule has 3 aromatic rings. The molecule has 0 heterocycles. The Hall–Kier alpha value is -2.79. The Morgan fingerprint density at radius 2 is 1.56 bits per heavy atom. The number of benzene rings is 3. The normalized spacial score (nSPS) is 11.0. The monoisotopic (exact) mass is 594 g/mol. The predicted octanol–water partition coefficient (Wildman–Crippen LogP) is 4.60. The van der Waals surface area contributed by atoms with Gasteiger partial charge in [0.2, 0.25) is 5.91 Å². The predicted molar refractivity (Wildman–Crippen MR) is 141 cm³/mol. The van der Waals surface area contributed by atoms with Crippen molar-refractivity contribution >= 4 is 44.2 Å². The number of anilines is 1. The standard InChI is InChI=1S/C25H27IN2O5S/c1-3-32-23-15-10-19(16-24(23)33-4-2)17-27-25(29)18-28(21-13-11-20(26)12-14-21)34(30,31)22-8-6-5-7-9-22/h5-16H,3-4,17-18H2,1-2H3,(H,27,29). The molecule has 3 rings (SSSR count). The summed E-state index contributed by atoms with van der Waals surface area (Å²) < 4.78 is 40.0. The van der Waals surface area contributed by atoms with Crippen LogP contribution >= 0.6 is 22.6 Å². The average Bonchev–Trinajstić information content (AvgIpc) is 2.84. The van der Waals surface area contributed by atoms with Crippen molar-refractivity contribution < 1.29 is 22.7 Å². The van der Waals surface area contributed by atoms with Crippen LogP contribution in [-0.4, -0.2) is 34.1 Å². The summed E-state index contributed by atoms with van der Waals surface area (Å²) >= 11 is 2.15. The van der Waals surface area contributed by atoms with E-state index in [0.717, 1.165) is 13.4 Å². The zero-order valence-corrected chi connectivity index (χ0v) is 22.0. The highest BCUT2D eigenvalue weighted by atomic mass is 127. The van der Waals surface area contributed by atoms with E-state index in [4.69, 9.17) is 9.47 Å². The first-order valence-corrected chi connectivity index (χ1v) is 13.4.